The number of nitrogens with one attached hydrogen (secondary N) is 1. The predicted octanol–water partition coefficient (Wildman–Crippen LogP) is 1.12. The highest BCUT2D eigenvalue weighted by atomic mass is 16.1. The van der Waals surface area contributed by atoms with Gasteiger partial charge in [0, 0.05) is 23.6 Å². The van der Waals surface area contributed by atoms with Crippen molar-refractivity contribution in [2.45, 2.75) is 0 Å². The van der Waals surface area contributed by atoms with Crippen LogP contribution in [0.2, 0.25) is 0 Å². The molecule has 0 spiro atoms. The summed E-state index contributed by atoms with van der Waals surface area (Å²) in [5, 5.41) is 0. The molecule has 0 aliphatic heterocycles. The minimum absolute atomic E-state index is 0.0500. The standard InChI is InChI=1S/C11H11N3O/c12-13-9-4-6-10(7-5-9)14-8-2-1-3-11(14)15/h1-8,13H,12H2. The highest BCUT2D eigenvalue weighted by Gasteiger charge is 1.97. The molecule has 0 saturated carbocycles. The smallest absolute Gasteiger partial charge is 0.255 e. The molecule has 0 saturated heterocycles. The Hall–Kier alpha value is -2.07. The number of nitrogen functional groups attached to an aromatic ring is 1. The fourth-order valence-corrected chi connectivity index (χ4v) is 1.36. The van der Waals surface area contributed by atoms with E-state index in [0.29, 0.717) is 0 Å². The van der Waals surface area contributed by atoms with Crippen molar-refractivity contribution >= 4 is 5.69 Å². The summed E-state index contributed by atoms with van der Waals surface area (Å²) in [5.74, 6) is 5.25. The summed E-state index contributed by atoms with van der Waals surface area (Å²) in [5.41, 5.74) is 4.11. The van der Waals surface area contributed by atoms with Crippen molar-refractivity contribution in [1.82, 2.24) is 4.57 Å². The van der Waals surface area contributed by atoms with Crippen LogP contribution in [0.1, 0.15) is 0 Å². The summed E-state index contributed by atoms with van der Waals surface area (Å²) < 4.78 is 1.57. The van der Waals surface area contributed by atoms with Gasteiger partial charge in [-0.25, -0.2) is 0 Å². The molecule has 0 amide bonds. The first kappa shape index (κ1) is 9.48. The molecule has 0 unspecified atom stereocenters. The number of pyridine rings is 1. The maximum Gasteiger partial charge on any atom is 0.255 e. The van der Waals surface area contributed by atoms with Crippen molar-refractivity contribution in [2.24, 2.45) is 5.84 Å². The zero-order valence-electron chi connectivity index (χ0n) is 8.05. The normalized spacial score (nSPS) is 9.93. The number of nitrogens with two attached hydrogens (primary N) is 1. The summed E-state index contributed by atoms with van der Waals surface area (Å²) in [6, 6.07) is 12.3. The van der Waals surface area contributed by atoms with Crippen LogP contribution in [0.4, 0.5) is 5.69 Å². The molecule has 2 aromatic rings. The minimum atomic E-state index is -0.0500. The number of anilines is 1. The minimum Gasteiger partial charge on any atom is -0.324 e. The van der Waals surface area contributed by atoms with E-state index < -0.39 is 0 Å². The molecule has 4 heteroatoms. The van der Waals surface area contributed by atoms with Gasteiger partial charge in [-0.05, 0) is 30.3 Å². The first-order valence-electron chi connectivity index (χ1n) is 4.56. The molecule has 0 bridgehead atoms. The summed E-state index contributed by atoms with van der Waals surface area (Å²) in [7, 11) is 0. The van der Waals surface area contributed by atoms with E-state index in [1.165, 1.54) is 6.07 Å². The van der Waals surface area contributed by atoms with Crippen molar-refractivity contribution < 1.29 is 0 Å². The Bertz CT molecular complexity index is 502. The van der Waals surface area contributed by atoms with Crippen LogP contribution in [0.5, 0.6) is 0 Å². The van der Waals surface area contributed by atoms with Gasteiger partial charge in [-0.2, -0.15) is 0 Å². The quantitative estimate of drug-likeness (QED) is 0.565. The fraction of sp³-hybridized carbons (Fsp3) is 0. The fourth-order valence-electron chi connectivity index (χ4n) is 1.36. The van der Waals surface area contributed by atoms with Crippen LogP contribution in [-0.4, -0.2) is 4.57 Å². The lowest BCUT2D eigenvalue weighted by Gasteiger charge is -2.05. The molecule has 0 fully saturated rings. The van der Waals surface area contributed by atoms with E-state index in [4.69, 9.17) is 5.84 Å². The Kier molecular flexibility index (Phi) is 2.51. The Morgan fingerprint density at radius 2 is 1.80 bits per heavy atom. The van der Waals surface area contributed by atoms with E-state index >= 15 is 0 Å². The van der Waals surface area contributed by atoms with Crippen molar-refractivity contribution in [2.75, 3.05) is 5.43 Å². The Morgan fingerprint density at radius 3 is 2.40 bits per heavy atom. The highest BCUT2D eigenvalue weighted by Crippen LogP contribution is 2.10. The molecular formula is C11H11N3O. The van der Waals surface area contributed by atoms with Crippen molar-refractivity contribution in [1.29, 1.82) is 0 Å². The van der Waals surface area contributed by atoms with Gasteiger partial charge >= 0.3 is 0 Å². The van der Waals surface area contributed by atoms with E-state index in [1.54, 1.807) is 16.8 Å². The van der Waals surface area contributed by atoms with Gasteiger partial charge in [-0.15, -0.1) is 0 Å². The SMILES string of the molecule is NNc1ccc(-n2ccccc2=O)cc1. The van der Waals surface area contributed by atoms with Crippen LogP contribution < -0.4 is 16.8 Å². The lowest BCUT2D eigenvalue weighted by molar-refractivity contribution is 0.990. The molecule has 15 heavy (non-hydrogen) atoms. The molecule has 1 aromatic carbocycles. The number of benzene rings is 1. The van der Waals surface area contributed by atoms with Gasteiger partial charge in [0.25, 0.3) is 5.56 Å². The van der Waals surface area contributed by atoms with Crippen LogP contribution in [0, 0.1) is 0 Å². The third kappa shape index (κ3) is 1.89. The van der Waals surface area contributed by atoms with E-state index in [0.717, 1.165) is 11.4 Å². The number of hydrogen-bond donors (Lipinski definition) is 2. The van der Waals surface area contributed by atoms with Gasteiger partial charge in [-0.3, -0.25) is 15.2 Å². The number of nitrogens with zero attached hydrogens (tertiary/aromatic N) is 1. The molecule has 0 aliphatic rings. The number of hydrazine groups is 1. The summed E-state index contributed by atoms with van der Waals surface area (Å²) in [6.07, 6.45) is 1.73. The second-order valence-electron chi connectivity index (χ2n) is 3.10. The second kappa shape index (κ2) is 3.98. The third-order valence-corrected chi connectivity index (χ3v) is 2.13. The molecule has 4 nitrogen and oxygen atoms in total. The zero-order valence-corrected chi connectivity index (χ0v) is 8.05. The molecule has 3 N–H and O–H groups in total. The van der Waals surface area contributed by atoms with Crippen molar-refractivity contribution in [3.63, 3.8) is 0 Å². The Morgan fingerprint density at radius 1 is 1.07 bits per heavy atom. The maximum absolute atomic E-state index is 11.5. The topological polar surface area (TPSA) is 60.0 Å². The van der Waals surface area contributed by atoms with Crippen LogP contribution >= 0.6 is 0 Å². The zero-order chi connectivity index (χ0) is 10.7. The maximum atomic E-state index is 11.5. The molecule has 76 valence electrons. The van der Waals surface area contributed by atoms with Crippen molar-refractivity contribution in [3.8, 4) is 5.69 Å². The van der Waals surface area contributed by atoms with E-state index in [-0.39, 0.29) is 5.56 Å². The second-order valence-corrected chi connectivity index (χ2v) is 3.10. The molecule has 0 aliphatic carbocycles. The van der Waals surface area contributed by atoms with Crippen molar-refractivity contribution in [3.05, 3.63) is 59.0 Å². The first-order chi connectivity index (χ1) is 7.31. The van der Waals surface area contributed by atoms with E-state index in [1.807, 2.05) is 30.3 Å². The largest absolute Gasteiger partial charge is 0.324 e. The van der Waals surface area contributed by atoms with E-state index in [9.17, 15) is 4.79 Å². The van der Waals surface area contributed by atoms with Crippen LogP contribution in [0.3, 0.4) is 0 Å². The summed E-state index contributed by atoms with van der Waals surface area (Å²) in [4.78, 5) is 11.5. The lowest BCUT2D eigenvalue weighted by Crippen LogP contribution is -2.15. The van der Waals surface area contributed by atoms with Gasteiger partial charge in [0.2, 0.25) is 0 Å². The molecule has 0 radical (unpaired) electrons. The first-order valence-corrected chi connectivity index (χ1v) is 4.56. The van der Waals surface area contributed by atoms with Crippen LogP contribution in [-0.2, 0) is 0 Å². The van der Waals surface area contributed by atoms with Gasteiger partial charge in [0.05, 0.1) is 0 Å². The lowest BCUT2D eigenvalue weighted by atomic mass is 10.3. The molecule has 1 aromatic heterocycles. The molecule has 0 atom stereocenters. The third-order valence-electron chi connectivity index (χ3n) is 2.13. The number of rotatable bonds is 2. The Labute approximate surface area is 86.9 Å². The predicted molar refractivity (Wildman–Crippen MR) is 59.8 cm³/mol. The van der Waals surface area contributed by atoms with Crippen LogP contribution in [0.25, 0.3) is 5.69 Å². The van der Waals surface area contributed by atoms with Crippen LogP contribution in [0.15, 0.2) is 53.5 Å². The summed E-state index contributed by atoms with van der Waals surface area (Å²) in [6.45, 7) is 0. The van der Waals surface area contributed by atoms with Gasteiger partial charge < -0.3 is 5.43 Å². The van der Waals surface area contributed by atoms with E-state index in [2.05, 4.69) is 5.43 Å². The van der Waals surface area contributed by atoms with Gasteiger partial charge in [0.1, 0.15) is 0 Å². The number of aromatic nitrogens is 1. The number of hydrogen-bond acceptors (Lipinski definition) is 3. The van der Waals surface area contributed by atoms with Gasteiger partial charge in [-0.1, -0.05) is 6.07 Å². The molecule has 1 heterocycles. The average molecular weight is 201 g/mol. The average Bonchev–Trinajstić information content (AvgIpc) is 2.30. The van der Waals surface area contributed by atoms with Gasteiger partial charge in [0.15, 0.2) is 0 Å². The molecule has 2 rings (SSSR count). The monoisotopic (exact) mass is 201 g/mol. The summed E-state index contributed by atoms with van der Waals surface area (Å²) >= 11 is 0. The Balaban J connectivity index is 2.46. The highest BCUT2D eigenvalue weighted by molar-refractivity contribution is 5.47. The molecular weight excluding hydrogens is 190 g/mol.